The lowest BCUT2D eigenvalue weighted by Crippen LogP contribution is -2.07. The summed E-state index contributed by atoms with van der Waals surface area (Å²) in [6, 6.07) is 8.73. The number of benzene rings is 1. The predicted molar refractivity (Wildman–Crippen MR) is 91.1 cm³/mol. The number of hydrogen-bond acceptors (Lipinski definition) is 3. The molecule has 0 heterocycles. The van der Waals surface area contributed by atoms with Crippen molar-refractivity contribution in [1.82, 2.24) is 0 Å². The molecule has 2 rings (SSSR count). The first kappa shape index (κ1) is 15.7. The van der Waals surface area contributed by atoms with E-state index in [0.717, 1.165) is 25.3 Å². The Labute approximate surface area is 128 Å². The second-order valence-electron chi connectivity index (χ2n) is 5.84. The van der Waals surface area contributed by atoms with Gasteiger partial charge >= 0.3 is 0 Å². The molecule has 1 aliphatic carbocycles. The first-order valence-electron chi connectivity index (χ1n) is 8.05. The molecule has 1 fully saturated rings. The number of rotatable bonds is 8. The monoisotopic (exact) mass is 292 g/mol. The molecule has 0 aliphatic heterocycles. The molecule has 0 spiro atoms. The summed E-state index contributed by atoms with van der Waals surface area (Å²) in [4.78, 5) is 0. The topological polar surface area (TPSA) is 38.0 Å². The minimum atomic E-state index is 0.772. The van der Waals surface area contributed by atoms with Crippen LogP contribution in [0.25, 0.3) is 0 Å². The van der Waals surface area contributed by atoms with Gasteiger partial charge in [-0.05, 0) is 49.4 Å². The number of aryl methyl sites for hydroxylation is 1. The fourth-order valence-corrected chi connectivity index (χ4v) is 3.78. The Morgan fingerprint density at radius 1 is 1.20 bits per heavy atom. The van der Waals surface area contributed by atoms with Crippen LogP contribution in [-0.4, -0.2) is 12.3 Å². The van der Waals surface area contributed by atoms with Crippen LogP contribution in [0, 0.1) is 5.92 Å². The van der Waals surface area contributed by atoms with Crippen LogP contribution in [-0.2, 0) is 6.42 Å². The highest BCUT2D eigenvalue weighted by molar-refractivity contribution is 8.00. The van der Waals surface area contributed by atoms with E-state index in [1.807, 2.05) is 11.9 Å². The van der Waals surface area contributed by atoms with Gasteiger partial charge < -0.3 is 10.5 Å². The van der Waals surface area contributed by atoms with Gasteiger partial charge in [-0.2, -0.15) is 0 Å². The van der Waals surface area contributed by atoms with Crippen LogP contribution in [0.3, 0.4) is 0 Å². The van der Waals surface area contributed by atoms with Crippen molar-refractivity contribution in [3.8, 4) is 0 Å². The molecule has 3 N–H and O–H groups in total. The lowest BCUT2D eigenvalue weighted by Gasteiger charge is -2.21. The van der Waals surface area contributed by atoms with Crippen molar-refractivity contribution in [1.29, 1.82) is 0 Å². The molecule has 0 atom stereocenters. The summed E-state index contributed by atoms with van der Waals surface area (Å²) < 4.78 is 3.49. The molecule has 0 aromatic heterocycles. The summed E-state index contributed by atoms with van der Waals surface area (Å²) in [5.74, 6) is 2.20. The van der Waals surface area contributed by atoms with Crippen molar-refractivity contribution in [3.63, 3.8) is 0 Å². The molecule has 1 aromatic rings. The van der Waals surface area contributed by atoms with Gasteiger partial charge in [0.05, 0.1) is 0 Å². The van der Waals surface area contributed by atoms with Gasteiger partial charge in [0.15, 0.2) is 0 Å². The maximum absolute atomic E-state index is 5.56. The van der Waals surface area contributed by atoms with E-state index in [2.05, 4.69) is 29.0 Å². The minimum Gasteiger partial charge on any atom is -0.330 e. The van der Waals surface area contributed by atoms with Crippen LogP contribution < -0.4 is 10.5 Å². The van der Waals surface area contributed by atoms with Crippen molar-refractivity contribution in [2.75, 3.05) is 17.0 Å². The normalized spacial score (nSPS) is 16.2. The first-order chi connectivity index (χ1) is 9.88. The van der Waals surface area contributed by atoms with Crippen LogP contribution in [0.5, 0.6) is 0 Å². The summed E-state index contributed by atoms with van der Waals surface area (Å²) in [5.41, 5.74) is 8.18. The first-order valence-corrected chi connectivity index (χ1v) is 9.04. The van der Waals surface area contributed by atoms with Crippen LogP contribution in [0.1, 0.15) is 50.5 Å². The van der Waals surface area contributed by atoms with E-state index in [0.29, 0.717) is 0 Å². The molecule has 1 aliphatic rings. The molecule has 112 valence electrons. The van der Waals surface area contributed by atoms with Gasteiger partial charge in [0.1, 0.15) is 0 Å². The molecule has 20 heavy (non-hydrogen) atoms. The van der Waals surface area contributed by atoms with Gasteiger partial charge in [0, 0.05) is 11.4 Å². The molecule has 0 bridgehead atoms. The second-order valence-corrected chi connectivity index (χ2v) is 6.74. The Balaban J connectivity index is 1.65. The van der Waals surface area contributed by atoms with Crippen molar-refractivity contribution in [3.05, 3.63) is 29.8 Å². The zero-order valence-corrected chi connectivity index (χ0v) is 13.3. The van der Waals surface area contributed by atoms with Gasteiger partial charge in [-0.25, -0.2) is 0 Å². The number of hydrogen-bond donors (Lipinski definition) is 2. The fraction of sp³-hybridized carbons (Fsp3) is 0.647. The Morgan fingerprint density at radius 3 is 2.85 bits per heavy atom. The van der Waals surface area contributed by atoms with Gasteiger partial charge in [0.25, 0.3) is 0 Å². The van der Waals surface area contributed by atoms with Crippen LogP contribution in [0.4, 0.5) is 5.69 Å². The molecular weight excluding hydrogens is 264 g/mol. The van der Waals surface area contributed by atoms with Crippen molar-refractivity contribution in [2.24, 2.45) is 11.7 Å². The molecule has 1 saturated carbocycles. The van der Waals surface area contributed by atoms with E-state index in [1.54, 1.807) is 0 Å². The molecule has 2 nitrogen and oxygen atoms in total. The van der Waals surface area contributed by atoms with E-state index in [9.17, 15) is 0 Å². The lowest BCUT2D eigenvalue weighted by atomic mass is 9.88. The summed E-state index contributed by atoms with van der Waals surface area (Å²) in [6.45, 7) is 0.772. The summed E-state index contributed by atoms with van der Waals surface area (Å²) >= 11 is 1.86. The SMILES string of the molecule is NCCCc1cccc(NSCCC2CCCCC2)c1. The molecule has 1 aromatic carbocycles. The quantitative estimate of drug-likeness (QED) is 0.543. The summed E-state index contributed by atoms with van der Waals surface area (Å²) in [7, 11) is 0. The fourth-order valence-electron chi connectivity index (χ4n) is 2.93. The average Bonchev–Trinajstić information content (AvgIpc) is 2.51. The molecule has 0 radical (unpaired) electrons. The van der Waals surface area contributed by atoms with Gasteiger partial charge in [-0.1, -0.05) is 56.2 Å². The zero-order chi connectivity index (χ0) is 14.0. The zero-order valence-electron chi connectivity index (χ0n) is 12.4. The van der Waals surface area contributed by atoms with Crippen molar-refractivity contribution >= 4 is 17.6 Å². The summed E-state index contributed by atoms with van der Waals surface area (Å²) in [5, 5.41) is 0. The molecule has 3 heteroatoms. The second kappa shape index (κ2) is 9.30. The highest BCUT2D eigenvalue weighted by Crippen LogP contribution is 2.27. The van der Waals surface area contributed by atoms with Gasteiger partial charge in [-0.15, -0.1) is 0 Å². The largest absolute Gasteiger partial charge is 0.330 e. The maximum Gasteiger partial charge on any atom is 0.0442 e. The molecule has 0 unspecified atom stereocenters. The Kier molecular flexibility index (Phi) is 7.31. The standard InChI is InChI=1S/C17H28N2S/c18-12-5-9-16-8-4-10-17(14-16)19-20-13-11-15-6-2-1-3-7-15/h4,8,10,14-15,19H,1-3,5-7,9,11-13,18H2. The molecule has 0 amide bonds. The van der Waals surface area contributed by atoms with Crippen LogP contribution >= 0.6 is 11.9 Å². The Bertz CT molecular complexity index is 375. The van der Waals surface area contributed by atoms with Crippen molar-refractivity contribution in [2.45, 2.75) is 51.4 Å². The van der Waals surface area contributed by atoms with E-state index in [-0.39, 0.29) is 0 Å². The van der Waals surface area contributed by atoms with E-state index >= 15 is 0 Å². The van der Waals surface area contributed by atoms with Crippen LogP contribution in [0.2, 0.25) is 0 Å². The molecular formula is C17H28N2S. The number of nitrogens with two attached hydrogens (primary N) is 1. The number of nitrogens with one attached hydrogen (secondary N) is 1. The summed E-state index contributed by atoms with van der Waals surface area (Å²) in [6.07, 6.45) is 10.8. The third-order valence-electron chi connectivity index (χ3n) is 4.14. The Morgan fingerprint density at radius 2 is 2.05 bits per heavy atom. The highest BCUT2D eigenvalue weighted by atomic mass is 32.2. The van der Waals surface area contributed by atoms with Gasteiger partial charge in [-0.3, -0.25) is 0 Å². The van der Waals surface area contributed by atoms with Crippen molar-refractivity contribution < 1.29 is 0 Å². The van der Waals surface area contributed by atoms with E-state index < -0.39 is 0 Å². The van der Waals surface area contributed by atoms with E-state index in [1.165, 1.54) is 55.5 Å². The third kappa shape index (κ3) is 5.76. The maximum atomic E-state index is 5.56. The third-order valence-corrected chi connectivity index (χ3v) is 4.96. The van der Waals surface area contributed by atoms with E-state index in [4.69, 9.17) is 5.73 Å². The smallest absolute Gasteiger partial charge is 0.0442 e. The van der Waals surface area contributed by atoms with Gasteiger partial charge in [0.2, 0.25) is 0 Å². The average molecular weight is 292 g/mol. The minimum absolute atomic E-state index is 0.772. The highest BCUT2D eigenvalue weighted by Gasteiger charge is 2.12. The lowest BCUT2D eigenvalue weighted by molar-refractivity contribution is 0.351. The number of anilines is 1. The predicted octanol–water partition coefficient (Wildman–Crippen LogP) is 4.61. The Hall–Kier alpha value is -0.670. The van der Waals surface area contributed by atoms with Crippen LogP contribution in [0.15, 0.2) is 24.3 Å². The molecule has 0 saturated heterocycles.